The number of carbonyl (C=O) groups is 1. The number of benzene rings is 1. The maximum atomic E-state index is 12.5. The fraction of sp³-hybridized carbons (Fsp3) is 0.278. The van der Waals surface area contributed by atoms with Gasteiger partial charge in [0, 0.05) is 26.2 Å². The van der Waals surface area contributed by atoms with E-state index in [0.717, 1.165) is 46.8 Å². The number of anilines is 1. The summed E-state index contributed by atoms with van der Waals surface area (Å²) in [6.07, 6.45) is 0.474. The third kappa shape index (κ3) is 3.72. The second-order valence-electron chi connectivity index (χ2n) is 5.90. The standard InChI is InChI=1S/C18H18N4OS2/c23-16(13-14-5-2-1-3-6-14)21-8-10-22(11-9-21)18-20-19-17(25-18)15-7-4-12-24-15/h1-7,12H,8-11,13H2. The van der Waals surface area contributed by atoms with Crippen LogP contribution in [0.1, 0.15) is 5.56 Å². The molecule has 4 rings (SSSR count). The minimum Gasteiger partial charge on any atom is -0.343 e. The normalized spacial score (nSPS) is 14.7. The van der Waals surface area contributed by atoms with Crippen LogP contribution in [-0.4, -0.2) is 47.2 Å². The summed E-state index contributed by atoms with van der Waals surface area (Å²) in [4.78, 5) is 17.8. The monoisotopic (exact) mass is 370 g/mol. The Kier molecular flexibility index (Phi) is 4.76. The second-order valence-corrected chi connectivity index (χ2v) is 7.80. The van der Waals surface area contributed by atoms with Crippen LogP contribution in [0.25, 0.3) is 9.88 Å². The molecule has 0 aliphatic carbocycles. The third-order valence-corrected chi connectivity index (χ3v) is 6.27. The Morgan fingerprint density at radius 1 is 1.00 bits per heavy atom. The summed E-state index contributed by atoms with van der Waals surface area (Å²) in [6.45, 7) is 3.08. The molecule has 0 N–H and O–H groups in total. The summed E-state index contributed by atoms with van der Waals surface area (Å²) in [5.41, 5.74) is 1.07. The van der Waals surface area contributed by atoms with E-state index in [9.17, 15) is 4.79 Å². The van der Waals surface area contributed by atoms with Crippen molar-refractivity contribution in [2.45, 2.75) is 6.42 Å². The van der Waals surface area contributed by atoms with Crippen LogP contribution >= 0.6 is 22.7 Å². The lowest BCUT2D eigenvalue weighted by Crippen LogP contribution is -2.49. The Morgan fingerprint density at radius 3 is 2.52 bits per heavy atom. The van der Waals surface area contributed by atoms with Gasteiger partial charge in [-0.15, -0.1) is 21.5 Å². The smallest absolute Gasteiger partial charge is 0.227 e. The van der Waals surface area contributed by atoms with Gasteiger partial charge in [0.05, 0.1) is 11.3 Å². The number of amides is 1. The Morgan fingerprint density at radius 2 is 1.80 bits per heavy atom. The van der Waals surface area contributed by atoms with Gasteiger partial charge in [0.25, 0.3) is 0 Å². The lowest BCUT2D eigenvalue weighted by molar-refractivity contribution is -0.130. The van der Waals surface area contributed by atoms with Crippen molar-refractivity contribution in [3.05, 3.63) is 53.4 Å². The Labute approximate surface area is 154 Å². The molecule has 1 saturated heterocycles. The minimum atomic E-state index is 0.197. The van der Waals surface area contributed by atoms with Gasteiger partial charge in [-0.25, -0.2) is 0 Å². The summed E-state index contributed by atoms with van der Waals surface area (Å²) in [5.74, 6) is 0.197. The van der Waals surface area contributed by atoms with Crippen molar-refractivity contribution in [3.63, 3.8) is 0 Å². The molecule has 5 nitrogen and oxygen atoms in total. The van der Waals surface area contributed by atoms with Gasteiger partial charge in [0.15, 0.2) is 5.01 Å². The molecule has 1 aliphatic rings. The molecule has 1 amide bonds. The predicted octanol–water partition coefficient (Wildman–Crippen LogP) is 3.16. The van der Waals surface area contributed by atoms with Gasteiger partial charge in [0.2, 0.25) is 11.0 Å². The van der Waals surface area contributed by atoms with Crippen molar-refractivity contribution in [1.82, 2.24) is 15.1 Å². The highest BCUT2D eigenvalue weighted by Crippen LogP contribution is 2.31. The zero-order valence-electron chi connectivity index (χ0n) is 13.7. The molecule has 0 radical (unpaired) electrons. The van der Waals surface area contributed by atoms with Crippen LogP contribution in [0.15, 0.2) is 47.8 Å². The molecule has 0 spiro atoms. The van der Waals surface area contributed by atoms with Crippen LogP contribution in [0.2, 0.25) is 0 Å². The lowest BCUT2D eigenvalue weighted by atomic mass is 10.1. The predicted molar refractivity (Wildman–Crippen MR) is 102 cm³/mol. The molecule has 0 saturated carbocycles. The highest BCUT2D eigenvalue weighted by atomic mass is 32.1. The van der Waals surface area contributed by atoms with Crippen molar-refractivity contribution in [3.8, 4) is 9.88 Å². The van der Waals surface area contributed by atoms with Gasteiger partial charge in [-0.05, 0) is 17.0 Å². The van der Waals surface area contributed by atoms with E-state index in [1.165, 1.54) is 0 Å². The second kappa shape index (κ2) is 7.33. The van der Waals surface area contributed by atoms with E-state index in [-0.39, 0.29) is 5.91 Å². The number of rotatable bonds is 4. The number of nitrogens with zero attached hydrogens (tertiary/aromatic N) is 4. The number of hydrogen-bond donors (Lipinski definition) is 0. The zero-order valence-corrected chi connectivity index (χ0v) is 15.3. The van der Waals surface area contributed by atoms with Crippen LogP contribution < -0.4 is 4.90 Å². The van der Waals surface area contributed by atoms with Crippen LogP contribution in [0, 0.1) is 0 Å². The zero-order chi connectivity index (χ0) is 17.1. The molecule has 7 heteroatoms. The average molecular weight is 371 g/mol. The van der Waals surface area contributed by atoms with E-state index >= 15 is 0 Å². The molecule has 1 fully saturated rings. The first kappa shape index (κ1) is 16.2. The Balaban J connectivity index is 1.34. The summed E-state index contributed by atoms with van der Waals surface area (Å²) < 4.78 is 0. The maximum Gasteiger partial charge on any atom is 0.227 e. The van der Waals surface area contributed by atoms with Crippen molar-refractivity contribution < 1.29 is 4.79 Å². The quantitative estimate of drug-likeness (QED) is 0.708. The van der Waals surface area contributed by atoms with Gasteiger partial charge in [-0.1, -0.05) is 47.7 Å². The highest BCUT2D eigenvalue weighted by Gasteiger charge is 2.23. The largest absolute Gasteiger partial charge is 0.343 e. The van der Waals surface area contributed by atoms with Crippen LogP contribution in [-0.2, 0) is 11.2 Å². The van der Waals surface area contributed by atoms with Crippen LogP contribution in [0.4, 0.5) is 5.13 Å². The molecule has 0 atom stereocenters. The summed E-state index contributed by atoms with van der Waals surface area (Å²) in [7, 11) is 0. The van der Waals surface area contributed by atoms with E-state index in [2.05, 4.69) is 21.2 Å². The van der Waals surface area contributed by atoms with E-state index in [0.29, 0.717) is 6.42 Å². The molecule has 1 aliphatic heterocycles. The molecule has 1 aromatic carbocycles. The molecule has 25 heavy (non-hydrogen) atoms. The molecule has 0 bridgehead atoms. The first-order chi connectivity index (χ1) is 12.3. The molecule has 3 aromatic rings. The molecule has 3 heterocycles. The van der Waals surface area contributed by atoms with Crippen molar-refractivity contribution in [1.29, 1.82) is 0 Å². The van der Waals surface area contributed by atoms with Crippen LogP contribution in [0.5, 0.6) is 0 Å². The lowest BCUT2D eigenvalue weighted by Gasteiger charge is -2.34. The molecular formula is C18H18N4OS2. The first-order valence-corrected chi connectivity index (χ1v) is 9.93. The average Bonchev–Trinajstić information content (AvgIpc) is 3.34. The molecule has 128 valence electrons. The van der Waals surface area contributed by atoms with Gasteiger partial charge in [-0.2, -0.15) is 0 Å². The van der Waals surface area contributed by atoms with E-state index in [1.807, 2.05) is 46.7 Å². The topological polar surface area (TPSA) is 49.3 Å². The summed E-state index contributed by atoms with van der Waals surface area (Å²) >= 11 is 3.30. The SMILES string of the molecule is O=C(Cc1ccccc1)N1CCN(c2nnc(-c3cccs3)s2)CC1. The number of hydrogen-bond acceptors (Lipinski definition) is 6. The molecular weight excluding hydrogens is 352 g/mol. The third-order valence-electron chi connectivity index (χ3n) is 4.25. The first-order valence-electron chi connectivity index (χ1n) is 8.23. The van der Waals surface area contributed by atoms with Gasteiger partial charge < -0.3 is 9.80 Å². The minimum absolute atomic E-state index is 0.197. The Hall–Kier alpha value is -2.25. The van der Waals surface area contributed by atoms with Gasteiger partial charge in [-0.3, -0.25) is 4.79 Å². The van der Waals surface area contributed by atoms with Crippen molar-refractivity contribution >= 4 is 33.7 Å². The summed E-state index contributed by atoms with van der Waals surface area (Å²) in [5, 5.41) is 12.6. The van der Waals surface area contributed by atoms with E-state index in [4.69, 9.17) is 0 Å². The number of thiophene rings is 1. The number of aromatic nitrogens is 2. The van der Waals surface area contributed by atoms with Crippen molar-refractivity contribution in [2.24, 2.45) is 0 Å². The van der Waals surface area contributed by atoms with Crippen molar-refractivity contribution in [2.75, 3.05) is 31.1 Å². The van der Waals surface area contributed by atoms with E-state index in [1.54, 1.807) is 22.7 Å². The molecule has 0 unspecified atom stereocenters. The Bertz CT molecular complexity index is 824. The fourth-order valence-electron chi connectivity index (χ4n) is 2.87. The van der Waals surface area contributed by atoms with E-state index < -0.39 is 0 Å². The maximum absolute atomic E-state index is 12.5. The summed E-state index contributed by atoms with van der Waals surface area (Å²) in [6, 6.07) is 14.0. The fourth-order valence-corrected chi connectivity index (χ4v) is 4.56. The van der Waals surface area contributed by atoms with Gasteiger partial charge >= 0.3 is 0 Å². The van der Waals surface area contributed by atoms with Crippen LogP contribution in [0.3, 0.4) is 0 Å². The number of piperazine rings is 1. The molecule has 2 aromatic heterocycles. The highest BCUT2D eigenvalue weighted by molar-refractivity contribution is 7.22. The van der Waals surface area contributed by atoms with Gasteiger partial charge in [0.1, 0.15) is 0 Å². The number of carbonyl (C=O) groups excluding carboxylic acids is 1.